The van der Waals surface area contributed by atoms with E-state index in [9.17, 15) is 13.2 Å². The molecule has 2 heterocycles. The smallest absolute Gasteiger partial charge is 0.274 e. The van der Waals surface area contributed by atoms with Gasteiger partial charge < -0.3 is 15.0 Å². The van der Waals surface area contributed by atoms with E-state index in [0.717, 1.165) is 5.69 Å². The SMILES string of the molecule is CCN(CC)c1ccc(S(=O)(=O)N2CCOCC2)cc1NC(=O)c1cc(Cl)ccn1. The van der Waals surface area contributed by atoms with Gasteiger partial charge in [0.1, 0.15) is 5.69 Å². The van der Waals surface area contributed by atoms with Crippen molar-refractivity contribution in [2.24, 2.45) is 0 Å². The number of halogens is 1. The van der Waals surface area contributed by atoms with Gasteiger partial charge in [0.05, 0.1) is 29.5 Å². The van der Waals surface area contributed by atoms with Crippen molar-refractivity contribution in [3.8, 4) is 0 Å². The number of rotatable bonds is 7. The summed E-state index contributed by atoms with van der Waals surface area (Å²) >= 11 is 5.97. The largest absolute Gasteiger partial charge is 0.379 e. The third kappa shape index (κ3) is 4.92. The maximum Gasteiger partial charge on any atom is 0.274 e. The molecule has 30 heavy (non-hydrogen) atoms. The molecule has 1 N–H and O–H groups in total. The standard InChI is InChI=1S/C20H25ClN4O4S/c1-3-24(4-2)19-6-5-16(30(27,28)25-9-11-29-12-10-25)14-17(19)23-20(26)18-13-15(21)7-8-22-18/h5-8,13-14H,3-4,9-12H2,1-2H3,(H,23,26). The number of nitrogens with one attached hydrogen (secondary N) is 1. The van der Waals surface area contributed by atoms with E-state index in [2.05, 4.69) is 10.3 Å². The summed E-state index contributed by atoms with van der Waals surface area (Å²) in [5, 5.41) is 3.20. The molecule has 1 amide bonds. The Balaban J connectivity index is 1.99. The Morgan fingerprint density at radius 1 is 1.20 bits per heavy atom. The molecule has 1 fully saturated rings. The van der Waals surface area contributed by atoms with Crippen LogP contribution in [0.3, 0.4) is 0 Å². The van der Waals surface area contributed by atoms with E-state index in [4.69, 9.17) is 16.3 Å². The van der Waals surface area contributed by atoms with Crippen LogP contribution in [0.1, 0.15) is 24.3 Å². The molecule has 1 aliphatic heterocycles. The molecule has 8 nitrogen and oxygen atoms in total. The zero-order chi connectivity index (χ0) is 21.7. The zero-order valence-electron chi connectivity index (χ0n) is 17.0. The number of anilines is 2. The normalized spacial score (nSPS) is 15.0. The summed E-state index contributed by atoms with van der Waals surface area (Å²) in [4.78, 5) is 19.0. The third-order valence-corrected chi connectivity index (χ3v) is 7.01. The van der Waals surface area contributed by atoms with Crippen LogP contribution >= 0.6 is 11.6 Å². The summed E-state index contributed by atoms with van der Waals surface area (Å²) in [5.41, 5.74) is 1.28. The number of pyridine rings is 1. The van der Waals surface area contributed by atoms with Crippen LogP contribution in [-0.2, 0) is 14.8 Å². The van der Waals surface area contributed by atoms with Crippen molar-refractivity contribution in [3.05, 3.63) is 47.2 Å². The van der Waals surface area contributed by atoms with Crippen molar-refractivity contribution in [2.45, 2.75) is 18.7 Å². The van der Waals surface area contributed by atoms with Gasteiger partial charge in [-0.1, -0.05) is 11.6 Å². The molecule has 1 aromatic heterocycles. The molecule has 2 aromatic rings. The highest BCUT2D eigenvalue weighted by atomic mass is 35.5. The van der Waals surface area contributed by atoms with E-state index in [1.165, 1.54) is 22.6 Å². The molecule has 0 atom stereocenters. The first-order valence-electron chi connectivity index (χ1n) is 9.76. The predicted octanol–water partition coefficient (Wildman–Crippen LogP) is 2.85. The van der Waals surface area contributed by atoms with Crippen LogP contribution in [0.25, 0.3) is 0 Å². The van der Waals surface area contributed by atoms with Gasteiger partial charge in [0, 0.05) is 37.4 Å². The topological polar surface area (TPSA) is 91.8 Å². The van der Waals surface area contributed by atoms with Crippen LogP contribution in [0, 0.1) is 0 Å². The van der Waals surface area contributed by atoms with Gasteiger partial charge in [-0.15, -0.1) is 0 Å². The highest BCUT2D eigenvalue weighted by Gasteiger charge is 2.27. The number of morpholine rings is 1. The molecule has 10 heteroatoms. The molecule has 0 radical (unpaired) electrons. The van der Waals surface area contributed by atoms with Crippen molar-refractivity contribution in [2.75, 3.05) is 49.6 Å². The molecule has 1 saturated heterocycles. The van der Waals surface area contributed by atoms with Crippen LogP contribution < -0.4 is 10.2 Å². The van der Waals surface area contributed by atoms with Gasteiger partial charge in [0.2, 0.25) is 10.0 Å². The lowest BCUT2D eigenvalue weighted by atomic mass is 10.2. The molecule has 0 aliphatic carbocycles. The summed E-state index contributed by atoms with van der Waals surface area (Å²) < 4.78 is 32.8. The number of benzene rings is 1. The summed E-state index contributed by atoms with van der Waals surface area (Å²) in [6, 6.07) is 7.84. The Bertz CT molecular complexity index is 1010. The Labute approximate surface area is 181 Å². The minimum atomic E-state index is -3.70. The molecular formula is C20H25ClN4O4S. The van der Waals surface area contributed by atoms with Crippen LogP contribution in [0.5, 0.6) is 0 Å². The molecule has 0 bridgehead atoms. The second kappa shape index (κ2) is 9.74. The van der Waals surface area contributed by atoms with Crippen molar-refractivity contribution in [3.63, 3.8) is 0 Å². The van der Waals surface area contributed by atoms with E-state index in [-0.39, 0.29) is 10.6 Å². The average molecular weight is 453 g/mol. The van der Waals surface area contributed by atoms with E-state index in [0.29, 0.717) is 50.1 Å². The third-order valence-electron chi connectivity index (χ3n) is 4.88. The maximum absolute atomic E-state index is 13.1. The van der Waals surface area contributed by atoms with Gasteiger partial charge in [0.15, 0.2) is 0 Å². The lowest BCUT2D eigenvalue weighted by Crippen LogP contribution is -2.40. The number of ether oxygens (including phenoxy) is 1. The lowest BCUT2D eigenvalue weighted by Gasteiger charge is -2.28. The molecule has 0 unspecified atom stereocenters. The van der Waals surface area contributed by atoms with Gasteiger partial charge in [-0.05, 0) is 44.2 Å². The highest BCUT2D eigenvalue weighted by Crippen LogP contribution is 2.31. The van der Waals surface area contributed by atoms with Crippen molar-refractivity contribution < 1.29 is 17.9 Å². The quantitative estimate of drug-likeness (QED) is 0.694. The number of carbonyl (C=O) groups excluding carboxylic acids is 1. The second-order valence-corrected chi connectivity index (χ2v) is 9.06. The van der Waals surface area contributed by atoms with Crippen molar-refractivity contribution in [1.29, 1.82) is 0 Å². The average Bonchev–Trinajstić information content (AvgIpc) is 2.76. The number of sulfonamides is 1. The maximum atomic E-state index is 13.1. The van der Waals surface area contributed by atoms with Crippen LogP contribution in [-0.4, -0.2) is 63.0 Å². The number of aromatic nitrogens is 1. The van der Waals surface area contributed by atoms with E-state index in [1.807, 2.05) is 18.7 Å². The second-order valence-electron chi connectivity index (χ2n) is 6.68. The van der Waals surface area contributed by atoms with Crippen LogP contribution in [0.2, 0.25) is 5.02 Å². The van der Waals surface area contributed by atoms with Crippen LogP contribution in [0.15, 0.2) is 41.4 Å². The minimum absolute atomic E-state index is 0.120. The van der Waals surface area contributed by atoms with Gasteiger partial charge in [0.25, 0.3) is 5.91 Å². The first-order chi connectivity index (χ1) is 14.4. The molecular weight excluding hydrogens is 428 g/mol. The van der Waals surface area contributed by atoms with E-state index >= 15 is 0 Å². The van der Waals surface area contributed by atoms with Crippen molar-refractivity contribution >= 4 is 38.9 Å². The summed E-state index contributed by atoms with van der Waals surface area (Å²) in [7, 11) is -3.70. The van der Waals surface area contributed by atoms with Gasteiger partial charge in [-0.3, -0.25) is 9.78 Å². The molecule has 0 saturated carbocycles. The first-order valence-corrected chi connectivity index (χ1v) is 11.6. The van der Waals surface area contributed by atoms with E-state index < -0.39 is 15.9 Å². The molecule has 162 valence electrons. The lowest BCUT2D eigenvalue weighted by molar-refractivity contribution is 0.0730. The number of hydrogen-bond donors (Lipinski definition) is 1. The summed E-state index contributed by atoms with van der Waals surface area (Å²) in [5.74, 6) is -0.466. The molecule has 0 spiro atoms. The number of nitrogens with zero attached hydrogens (tertiary/aromatic N) is 3. The fourth-order valence-electron chi connectivity index (χ4n) is 3.27. The molecule has 3 rings (SSSR count). The van der Waals surface area contributed by atoms with Crippen LogP contribution in [0.4, 0.5) is 11.4 Å². The van der Waals surface area contributed by atoms with Gasteiger partial charge in [-0.2, -0.15) is 4.31 Å². The highest BCUT2D eigenvalue weighted by molar-refractivity contribution is 7.89. The molecule has 1 aliphatic rings. The van der Waals surface area contributed by atoms with Gasteiger partial charge in [-0.25, -0.2) is 8.42 Å². The Kier molecular flexibility index (Phi) is 7.30. The predicted molar refractivity (Wildman–Crippen MR) is 117 cm³/mol. The summed E-state index contributed by atoms with van der Waals surface area (Å²) in [6.07, 6.45) is 1.45. The number of amides is 1. The summed E-state index contributed by atoms with van der Waals surface area (Å²) in [6.45, 7) is 6.71. The number of hydrogen-bond acceptors (Lipinski definition) is 6. The van der Waals surface area contributed by atoms with Gasteiger partial charge >= 0.3 is 0 Å². The van der Waals surface area contributed by atoms with E-state index in [1.54, 1.807) is 18.2 Å². The Morgan fingerprint density at radius 3 is 2.53 bits per heavy atom. The Hall–Kier alpha value is -2.20. The Morgan fingerprint density at radius 2 is 1.90 bits per heavy atom. The minimum Gasteiger partial charge on any atom is -0.379 e. The monoisotopic (exact) mass is 452 g/mol. The number of carbonyl (C=O) groups is 1. The fourth-order valence-corrected chi connectivity index (χ4v) is 4.86. The van der Waals surface area contributed by atoms with Crippen molar-refractivity contribution in [1.82, 2.24) is 9.29 Å². The molecule has 1 aromatic carbocycles. The fraction of sp³-hybridized carbons (Fsp3) is 0.400. The zero-order valence-corrected chi connectivity index (χ0v) is 18.5. The first kappa shape index (κ1) is 22.5.